The Bertz CT molecular complexity index is 1360. The first-order chi connectivity index (χ1) is 17.5. The maximum Gasteiger partial charge on any atom is 0.490 e. The van der Waals surface area contributed by atoms with Crippen molar-refractivity contribution in [3.63, 3.8) is 0 Å². The predicted molar refractivity (Wildman–Crippen MR) is 134 cm³/mol. The second-order valence-electron chi connectivity index (χ2n) is 8.86. The maximum atomic E-state index is 13.4. The number of fused-ring (bicyclic) bond motifs is 1. The van der Waals surface area contributed by atoms with E-state index in [-0.39, 0.29) is 18.0 Å². The van der Waals surface area contributed by atoms with Gasteiger partial charge in [-0.1, -0.05) is 24.3 Å². The number of hydrogen-bond acceptors (Lipinski definition) is 5. The number of aromatic amines is 1. The summed E-state index contributed by atoms with van der Waals surface area (Å²) in [7, 11) is 0. The third-order valence-corrected chi connectivity index (χ3v) is 6.81. The molecule has 5 rings (SSSR count). The SMILES string of the molecule is CC1CN(Cc2ccc(-c3ccc(-c4nc5ccc(F)cc5[nH]4)s3)cc2)CC(C)O1.O=C(O)C(F)(F)F. The summed E-state index contributed by atoms with van der Waals surface area (Å²) >= 11 is 1.69. The molecule has 4 aromatic rings. The fourth-order valence-electron chi connectivity index (χ4n) is 4.16. The average Bonchev–Trinajstić information content (AvgIpc) is 3.45. The van der Waals surface area contributed by atoms with Crippen LogP contribution in [-0.2, 0) is 16.1 Å². The van der Waals surface area contributed by atoms with Gasteiger partial charge in [-0.05, 0) is 55.3 Å². The van der Waals surface area contributed by atoms with Crippen molar-refractivity contribution in [1.29, 1.82) is 0 Å². The van der Waals surface area contributed by atoms with Gasteiger partial charge in [0.1, 0.15) is 11.6 Å². The van der Waals surface area contributed by atoms with E-state index in [1.165, 1.54) is 28.1 Å². The Hall–Kier alpha value is -3.28. The van der Waals surface area contributed by atoms with Gasteiger partial charge in [0.2, 0.25) is 0 Å². The summed E-state index contributed by atoms with van der Waals surface area (Å²) in [5.41, 5.74) is 4.01. The van der Waals surface area contributed by atoms with Gasteiger partial charge in [-0.25, -0.2) is 14.2 Å². The van der Waals surface area contributed by atoms with Crippen LogP contribution in [0.25, 0.3) is 32.2 Å². The molecule has 196 valence electrons. The van der Waals surface area contributed by atoms with E-state index in [2.05, 4.69) is 65.1 Å². The molecule has 0 aliphatic carbocycles. The number of H-pyrrole nitrogens is 1. The summed E-state index contributed by atoms with van der Waals surface area (Å²) in [6, 6.07) is 17.6. The first kappa shape index (κ1) is 26.8. The minimum absolute atomic E-state index is 0.259. The molecule has 1 fully saturated rings. The van der Waals surface area contributed by atoms with Crippen molar-refractivity contribution in [3.8, 4) is 21.1 Å². The molecule has 2 atom stereocenters. The number of carbonyl (C=O) groups is 1. The van der Waals surface area contributed by atoms with Crippen molar-refractivity contribution >= 4 is 28.3 Å². The van der Waals surface area contributed by atoms with E-state index >= 15 is 0 Å². The largest absolute Gasteiger partial charge is 0.490 e. The molecular weight excluding hydrogens is 510 g/mol. The summed E-state index contributed by atoms with van der Waals surface area (Å²) in [5, 5.41) is 7.12. The van der Waals surface area contributed by atoms with E-state index in [0.717, 1.165) is 41.4 Å². The number of rotatable bonds is 4. The van der Waals surface area contributed by atoms with Gasteiger partial charge in [0, 0.05) is 24.5 Å². The van der Waals surface area contributed by atoms with E-state index in [1.807, 2.05) is 0 Å². The molecule has 11 heteroatoms. The molecule has 1 saturated heterocycles. The van der Waals surface area contributed by atoms with Crippen LogP contribution in [-0.4, -0.2) is 57.4 Å². The highest BCUT2D eigenvalue weighted by Gasteiger charge is 2.38. The van der Waals surface area contributed by atoms with Gasteiger partial charge < -0.3 is 14.8 Å². The normalized spacial score (nSPS) is 18.4. The molecule has 0 bridgehead atoms. The zero-order valence-corrected chi connectivity index (χ0v) is 20.9. The highest BCUT2D eigenvalue weighted by Crippen LogP contribution is 2.34. The second kappa shape index (κ2) is 11.0. The fraction of sp³-hybridized carbons (Fsp3) is 0.308. The lowest BCUT2D eigenvalue weighted by molar-refractivity contribution is -0.192. The summed E-state index contributed by atoms with van der Waals surface area (Å²) < 4.78 is 51.0. The molecule has 1 aliphatic heterocycles. The summed E-state index contributed by atoms with van der Waals surface area (Å²) in [4.78, 5) is 21.4. The summed E-state index contributed by atoms with van der Waals surface area (Å²) in [5.74, 6) is -2.24. The van der Waals surface area contributed by atoms with Gasteiger partial charge in [0.25, 0.3) is 0 Å². The number of hydrogen-bond donors (Lipinski definition) is 2. The topological polar surface area (TPSA) is 78.5 Å². The van der Waals surface area contributed by atoms with Gasteiger partial charge in [-0.2, -0.15) is 13.2 Å². The molecule has 0 amide bonds. The number of morpholine rings is 1. The molecule has 6 nitrogen and oxygen atoms in total. The molecule has 0 spiro atoms. The zero-order chi connectivity index (χ0) is 26.7. The van der Waals surface area contributed by atoms with Crippen molar-refractivity contribution in [3.05, 3.63) is 66.0 Å². The number of aliphatic carboxylic acids is 1. The van der Waals surface area contributed by atoms with Gasteiger partial charge in [0.15, 0.2) is 0 Å². The predicted octanol–water partition coefficient (Wildman–Crippen LogP) is 6.34. The number of ether oxygens (including phenoxy) is 1. The van der Waals surface area contributed by atoms with Crippen LogP contribution in [0.1, 0.15) is 19.4 Å². The number of carboxylic acids is 1. The Labute approximate surface area is 214 Å². The molecule has 0 saturated carbocycles. The first-order valence-electron chi connectivity index (χ1n) is 11.5. The molecule has 2 N–H and O–H groups in total. The van der Waals surface area contributed by atoms with Crippen molar-refractivity contribution < 1.29 is 32.2 Å². The van der Waals surface area contributed by atoms with Gasteiger partial charge in [-0.3, -0.25) is 4.90 Å². The summed E-state index contributed by atoms with van der Waals surface area (Å²) in [6.45, 7) is 7.17. The van der Waals surface area contributed by atoms with E-state index in [1.54, 1.807) is 17.4 Å². The lowest BCUT2D eigenvalue weighted by Gasteiger charge is -2.35. The van der Waals surface area contributed by atoms with Crippen LogP contribution in [0.4, 0.5) is 17.6 Å². The maximum absolute atomic E-state index is 13.4. The number of halogens is 4. The van der Waals surface area contributed by atoms with E-state index < -0.39 is 12.1 Å². The van der Waals surface area contributed by atoms with Gasteiger partial charge in [0.05, 0.1) is 28.1 Å². The third-order valence-electron chi connectivity index (χ3n) is 5.67. The summed E-state index contributed by atoms with van der Waals surface area (Å²) in [6.07, 6.45) is -4.51. The minimum Gasteiger partial charge on any atom is -0.475 e. The molecule has 2 aromatic heterocycles. The van der Waals surface area contributed by atoms with Crippen molar-refractivity contribution in [2.24, 2.45) is 0 Å². The van der Waals surface area contributed by atoms with Crippen LogP contribution in [0.5, 0.6) is 0 Å². The van der Waals surface area contributed by atoms with Crippen molar-refractivity contribution in [2.75, 3.05) is 13.1 Å². The molecular formula is C26H25F4N3O3S. The van der Waals surface area contributed by atoms with Crippen LogP contribution >= 0.6 is 11.3 Å². The van der Waals surface area contributed by atoms with E-state index in [4.69, 9.17) is 14.6 Å². The average molecular weight is 536 g/mol. The third kappa shape index (κ3) is 6.94. The number of thiophene rings is 1. The smallest absolute Gasteiger partial charge is 0.475 e. The fourth-order valence-corrected chi connectivity index (χ4v) is 5.12. The van der Waals surface area contributed by atoms with E-state index in [0.29, 0.717) is 0 Å². The number of alkyl halides is 3. The molecule has 3 heterocycles. The van der Waals surface area contributed by atoms with Crippen LogP contribution in [0.2, 0.25) is 0 Å². The van der Waals surface area contributed by atoms with Crippen LogP contribution in [0.15, 0.2) is 54.6 Å². The Morgan fingerprint density at radius 3 is 2.32 bits per heavy atom. The Kier molecular flexibility index (Phi) is 7.96. The van der Waals surface area contributed by atoms with E-state index in [9.17, 15) is 17.6 Å². The van der Waals surface area contributed by atoms with Crippen LogP contribution < -0.4 is 0 Å². The molecule has 2 unspecified atom stereocenters. The molecule has 0 radical (unpaired) electrons. The quantitative estimate of drug-likeness (QED) is 0.298. The number of imidazole rings is 1. The minimum atomic E-state index is -5.08. The van der Waals surface area contributed by atoms with Gasteiger partial charge >= 0.3 is 12.1 Å². The zero-order valence-electron chi connectivity index (χ0n) is 20.1. The monoisotopic (exact) mass is 535 g/mol. The van der Waals surface area contributed by atoms with Crippen molar-refractivity contribution in [2.45, 2.75) is 38.8 Å². The molecule has 1 aliphatic rings. The second-order valence-corrected chi connectivity index (χ2v) is 9.95. The van der Waals surface area contributed by atoms with Crippen LogP contribution in [0, 0.1) is 5.82 Å². The lowest BCUT2D eigenvalue weighted by atomic mass is 10.1. The Morgan fingerprint density at radius 2 is 1.70 bits per heavy atom. The van der Waals surface area contributed by atoms with Crippen LogP contribution in [0.3, 0.4) is 0 Å². The highest BCUT2D eigenvalue weighted by molar-refractivity contribution is 7.18. The standard InChI is InChI=1S/C24H24FN3OS.C2HF3O2/c1-15-12-28(13-16(2)29-15)14-17-3-5-18(6-4-17)22-9-10-23(30-22)24-26-20-8-7-19(25)11-21(20)27-24;3-2(4,5)1(6)7/h3-11,15-16H,12-14H2,1-2H3,(H,26,27);(H,6,7). The molecule has 37 heavy (non-hydrogen) atoms. The first-order valence-corrected chi connectivity index (χ1v) is 12.3. The number of aromatic nitrogens is 2. The molecule has 2 aromatic carbocycles. The lowest BCUT2D eigenvalue weighted by Crippen LogP contribution is -2.44. The Balaban J connectivity index is 0.000000405. The van der Waals surface area contributed by atoms with Crippen molar-refractivity contribution in [1.82, 2.24) is 14.9 Å². The number of nitrogens with zero attached hydrogens (tertiary/aromatic N) is 2. The number of nitrogens with one attached hydrogen (secondary N) is 1. The number of carboxylic acid groups (broad SMARTS) is 1. The highest BCUT2D eigenvalue weighted by atomic mass is 32.1. The number of benzene rings is 2. The Morgan fingerprint density at radius 1 is 1.08 bits per heavy atom. The van der Waals surface area contributed by atoms with Gasteiger partial charge in [-0.15, -0.1) is 11.3 Å².